The number of nitrogens with zero attached hydrogens (tertiary/aromatic N) is 6. The Balaban J connectivity index is 1.63. The van der Waals surface area contributed by atoms with Gasteiger partial charge in [0.1, 0.15) is 5.69 Å². The lowest BCUT2D eigenvalue weighted by Crippen LogP contribution is -2.22. The summed E-state index contributed by atoms with van der Waals surface area (Å²) >= 11 is 0. The van der Waals surface area contributed by atoms with Gasteiger partial charge in [0.25, 0.3) is 5.91 Å². The van der Waals surface area contributed by atoms with Crippen molar-refractivity contribution in [1.29, 1.82) is 0 Å². The van der Waals surface area contributed by atoms with Crippen LogP contribution in [0.15, 0.2) is 42.7 Å². The number of nitrogens with one attached hydrogen (secondary N) is 2. The quantitative estimate of drug-likeness (QED) is 0.332. The van der Waals surface area contributed by atoms with Crippen LogP contribution in [0.25, 0.3) is 16.9 Å². The molecule has 4 rings (SSSR count). The Morgan fingerprint density at radius 2 is 1.79 bits per heavy atom. The van der Waals surface area contributed by atoms with Crippen molar-refractivity contribution in [3.05, 3.63) is 70.7 Å². The van der Waals surface area contributed by atoms with Gasteiger partial charge >= 0.3 is 6.18 Å². The number of carbonyl (C=O) groups excluding carboxylic acids is 1. The fraction of sp³-hybridized carbons (Fsp3) is 0.333. The van der Waals surface area contributed by atoms with Crippen LogP contribution >= 0.6 is 0 Å². The first kappa shape index (κ1) is 27.8. The van der Waals surface area contributed by atoms with Crippen LogP contribution in [0, 0.1) is 20.8 Å². The van der Waals surface area contributed by atoms with Crippen LogP contribution in [0.1, 0.15) is 32.7 Å². The molecule has 2 aromatic heterocycles. The van der Waals surface area contributed by atoms with E-state index in [1.807, 2.05) is 39.9 Å². The number of aryl methyl sites for hydroxylation is 2. The zero-order chi connectivity index (χ0) is 28.5. The Bertz CT molecular complexity index is 1500. The molecule has 0 aliphatic heterocycles. The SMILES string of the molecule is Cc1ccc(C(=O)Nc2cc(C(F)(F)F)cc(NCCN(C)C)c2C)cc1-n1cc(-c2cnn(C)c2C)nn1. The van der Waals surface area contributed by atoms with E-state index in [0.29, 0.717) is 35.7 Å². The number of anilines is 2. The van der Waals surface area contributed by atoms with E-state index in [4.69, 9.17) is 0 Å². The number of alkyl halides is 3. The second-order valence-electron chi connectivity index (χ2n) is 9.70. The lowest BCUT2D eigenvalue weighted by molar-refractivity contribution is -0.137. The van der Waals surface area contributed by atoms with E-state index in [2.05, 4.69) is 26.0 Å². The molecule has 0 spiro atoms. The highest BCUT2D eigenvalue weighted by Gasteiger charge is 2.32. The lowest BCUT2D eigenvalue weighted by Gasteiger charge is -2.19. The second-order valence-corrected chi connectivity index (χ2v) is 9.70. The van der Waals surface area contributed by atoms with Crippen LogP contribution in [-0.4, -0.2) is 62.8 Å². The van der Waals surface area contributed by atoms with E-state index in [1.165, 1.54) is 0 Å². The Kier molecular flexibility index (Phi) is 7.77. The molecule has 0 aliphatic carbocycles. The van der Waals surface area contributed by atoms with Crippen molar-refractivity contribution in [3.8, 4) is 16.9 Å². The molecule has 0 saturated carbocycles. The smallest absolute Gasteiger partial charge is 0.383 e. The number of benzene rings is 2. The summed E-state index contributed by atoms with van der Waals surface area (Å²) in [5, 5.41) is 18.4. The summed E-state index contributed by atoms with van der Waals surface area (Å²) in [6.45, 7) is 6.55. The molecule has 206 valence electrons. The maximum atomic E-state index is 13.7. The fourth-order valence-corrected chi connectivity index (χ4v) is 4.05. The molecule has 2 heterocycles. The third-order valence-corrected chi connectivity index (χ3v) is 6.58. The molecule has 2 aromatic carbocycles. The van der Waals surface area contributed by atoms with E-state index >= 15 is 0 Å². The van der Waals surface area contributed by atoms with Gasteiger partial charge in [0.05, 0.1) is 23.6 Å². The largest absolute Gasteiger partial charge is 0.416 e. The summed E-state index contributed by atoms with van der Waals surface area (Å²) in [7, 11) is 5.59. The third-order valence-electron chi connectivity index (χ3n) is 6.58. The first-order chi connectivity index (χ1) is 18.3. The molecule has 0 aliphatic rings. The van der Waals surface area contributed by atoms with Crippen LogP contribution in [-0.2, 0) is 13.2 Å². The van der Waals surface area contributed by atoms with Crippen LogP contribution in [0.4, 0.5) is 24.5 Å². The van der Waals surface area contributed by atoms with Gasteiger partial charge in [0.15, 0.2) is 0 Å². The summed E-state index contributed by atoms with van der Waals surface area (Å²) in [4.78, 5) is 15.2. The van der Waals surface area contributed by atoms with Gasteiger partial charge in [0.2, 0.25) is 0 Å². The van der Waals surface area contributed by atoms with Crippen molar-refractivity contribution in [2.75, 3.05) is 37.8 Å². The minimum absolute atomic E-state index is 0.0828. The number of halogens is 3. The zero-order valence-electron chi connectivity index (χ0n) is 22.7. The highest BCUT2D eigenvalue weighted by atomic mass is 19.4. The van der Waals surface area contributed by atoms with E-state index < -0.39 is 17.6 Å². The number of hydrogen-bond acceptors (Lipinski definition) is 6. The fourth-order valence-electron chi connectivity index (χ4n) is 4.05. The second kappa shape index (κ2) is 10.9. The van der Waals surface area contributed by atoms with Crippen molar-refractivity contribution < 1.29 is 18.0 Å². The molecule has 9 nitrogen and oxygen atoms in total. The van der Waals surface area contributed by atoms with Crippen molar-refractivity contribution in [2.45, 2.75) is 26.9 Å². The first-order valence-electron chi connectivity index (χ1n) is 12.3. The Labute approximate surface area is 224 Å². The average molecular weight is 541 g/mol. The lowest BCUT2D eigenvalue weighted by atomic mass is 10.1. The maximum Gasteiger partial charge on any atom is 0.416 e. The normalized spacial score (nSPS) is 11.7. The average Bonchev–Trinajstić information content (AvgIpc) is 3.47. The van der Waals surface area contributed by atoms with E-state index in [0.717, 1.165) is 29.0 Å². The molecule has 1 amide bonds. The maximum absolute atomic E-state index is 13.7. The van der Waals surface area contributed by atoms with Crippen LogP contribution < -0.4 is 10.6 Å². The number of aromatic nitrogens is 5. The van der Waals surface area contributed by atoms with Gasteiger partial charge in [-0.3, -0.25) is 9.48 Å². The van der Waals surface area contributed by atoms with Crippen LogP contribution in [0.5, 0.6) is 0 Å². The van der Waals surface area contributed by atoms with Crippen molar-refractivity contribution in [1.82, 2.24) is 29.7 Å². The van der Waals surface area contributed by atoms with E-state index in [1.54, 1.807) is 46.9 Å². The predicted octanol–water partition coefficient (Wildman–Crippen LogP) is 4.84. The van der Waals surface area contributed by atoms with Crippen LogP contribution in [0.3, 0.4) is 0 Å². The molecule has 12 heteroatoms. The van der Waals surface area contributed by atoms with Gasteiger partial charge in [-0.2, -0.15) is 18.3 Å². The summed E-state index contributed by atoms with van der Waals surface area (Å²) in [6, 6.07) is 7.04. The summed E-state index contributed by atoms with van der Waals surface area (Å²) in [5.41, 5.74) is 4.18. The Morgan fingerprint density at radius 1 is 1.08 bits per heavy atom. The van der Waals surface area contributed by atoms with Gasteiger partial charge in [-0.1, -0.05) is 11.3 Å². The molecular weight excluding hydrogens is 509 g/mol. The van der Waals surface area contributed by atoms with Gasteiger partial charge in [-0.05, 0) is 70.3 Å². The minimum Gasteiger partial charge on any atom is -0.383 e. The topological polar surface area (TPSA) is 92.9 Å². The van der Waals surface area contributed by atoms with Crippen molar-refractivity contribution in [3.63, 3.8) is 0 Å². The molecule has 0 unspecified atom stereocenters. The number of rotatable bonds is 8. The first-order valence-corrected chi connectivity index (χ1v) is 12.3. The summed E-state index contributed by atoms with van der Waals surface area (Å²) in [5.74, 6) is -0.540. The molecule has 0 atom stereocenters. The molecule has 4 aromatic rings. The highest BCUT2D eigenvalue weighted by molar-refractivity contribution is 6.05. The molecule has 0 radical (unpaired) electrons. The monoisotopic (exact) mass is 540 g/mol. The standard InChI is InChI=1S/C27H31F3N8O/c1-16-7-8-19(11-25(16)38-15-24(34-35-38)21-14-32-37(6)18(21)3)26(39)33-23-13-20(27(28,29)30)12-22(17(23)2)31-9-10-36(4)5/h7-8,11-15,31H,9-10H2,1-6H3,(H,33,39). The number of amides is 1. The van der Waals surface area contributed by atoms with E-state index in [9.17, 15) is 18.0 Å². The number of likely N-dealkylation sites (N-methyl/N-ethyl adjacent to an activating group) is 1. The van der Waals surface area contributed by atoms with Gasteiger partial charge in [0, 0.05) is 48.3 Å². The minimum atomic E-state index is -4.57. The van der Waals surface area contributed by atoms with Gasteiger partial charge in [-0.25, -0.2) is 4.68 Å². The third kappa shape index (κ3) is 6.11. The van der Waals surface area contributed by atoms with Crippen LogP contribution in [0.2, 0.25) is 0 Å². The molecular formula is C27H31F3N8O. The highest BCUT2D eigenvalue weighted by Crippen LogP contribution is 2.36. The summed E-state index contributed by atoms with van der Waals surface area (Å²) < 4.78 is 44.3. The predicted molar refractivity (Wildman–Crippen MR) is 144 cm³/mol. The molecule has 0 fully saturated rings. The van der Waals surface area contributed by atoms with Gasteiger partial charge in [-0.15, -0.1) is 5.10 Å². The molecule has 0 bridgehead atoms. The van der Waals surface area contributed by atoms with Crippen molar-refractivity contribution >= 4 is 17.3 Å². The molecule has 39 heavy (non-hydrogen) atoms. The molecule has 2 N–H and O–H groups in total. The van der Waals surface area contributed by atoms with E-state index in [-0.39, 0.29) is 11.3 Å². The summed E-state index contributed by atoms with van der Waals surface area (Å²) in [6.07, 6.45) is -1.11. The number of carbonyl (C=O) groups is 1. The van der Waals surface area contributed by atoms with Crippen molar-refractivity contribution in [2.24, 2.45) is 7.05 Å². The van der Waals surface area contributed by atoms with Gasteiger partial charge < -0.3 is 15.5 Å². The Morgan fingerprint density at radius 3 is 2.44 bits per heavy atom. The zero-order valence-corrected chi connectivity index (χ0v) is 22.7. The Hall–Kier alpha value is -4.19. The molecule has 0 saturated heterocycles. The number of hydrogen-bond donors (Lipinski definition) is 2.